The third kappa shape index (κ3) is 2.75. The molecule has 0 fully saturated rings. The van der Waals surface area contributed by atoms with Gasteiger partial charge in [0.15, 0.2) is 6.29 Å². The van der Waals surface area contributed by atoms with Gasteiger partial charge in [-0.05, 0) is 30.3 Å². The van der Waals surface area contributed by atoms with Crippen LogP contribution in [0.5, 0.6) is 5.75 Å². The highest BCUT2D eigenvalue weighted by Gasteiger charge is 2.00. The fourth-order valence-electron chi connectivity index (χ4n) is 1.31. The third-order valence-corrected chi connectivity index (χ3v) is 2.18. The number of phenols is 1. The van der Waals surface area contributed by atoms with Crippen LogP contribution in [-0.2, 0) is 0 Å². The van der Waals surface area contributed by atoms with Crippen LogP contribution >= 0.6 is 0 Å². The monoisotopic (exact) mass is 226 g/mol. The Morgan fingerprint density at radius 1 is 0.941 bits per heavy atom. The molecule has 17 heavy (non-hydrogen) atoms. The summed E-state index contributed by atoms with van der Waals surface area (Å²) in [5.41, 5.74) is 1.46. The van der Waals surface area contributed by atoms with E-state index >= 15 is 0 Å². The molecular weight excluding hydrogens is 216 g/mol. The number of benzene rings is 2. The van der Waals surface area contributed by atoms with E-state index in [1.165, 1.54) is 12.1 Å². The molecule has 2 rings (SSSR count). The lowest BCUT2D eigenvalue weighted by Gasteiger charge is -1.97. The lowest BCUT2D eigenvalue weighted by atomic mass is 10.2. The fraction of sp³-hybridized carbons (Fsp3) is 0. The first kappa shape index (κ1) is 11.0. The topological polar surface area (TPSA) is 62.0 Å². The maximum absolute atomic E-state index is 10.6. The average Bonchev–Trinajstić information content (AvgIpc) is 2.39. The molecule has 0 heterocycles. The summed E-state index contributed by atoms with van der Waals surface area (Å²) in [4.78, 5) is 10.6. The van der Waals surface area contributed by atoms with Crippen molar-refractivity contribution in [2.75, 3.05) is 0 Å². The van der Waals surface area contributed by atoms with Gasteiger partial charge >= 0.3 is 0 Å². The van der Waals surface area contributed by atoms with Crippen LogP contribution in [0.2, 0.25) is 0 Å². The molecule has 2 aromatic rings. The number of azo groups is 1. The minimum absolute atomic E-state index is 0.0568. The van der Waals surface area contributed by atoms with E-state index < -0.39 is 0 Å². The molecule has 0 aliphatic rings. The summed E-state index contributed by atoms with van der Waals surface area (Å²) in [6, 6.07) is 13.8. The maximum atomic E-state index is 10.6. The minimum Gasteiger partial charge on any atom is -0.507 e. The molecule has 84 valence electrons. The maximum Gasteiger partial charge on any atom is 0.153 e. The first-order valence-electron chi connectivity index (χ1n) is 5.04. The molecule has 0 saturated carbocycles. The van der Waals surface area contributed by atoms with Crippen LogP contribution in [0.3, 0.4) is 0 Å². The minimum atomic E-state index is -0.0568. The van der Waals surface area contributed by atoms with Gasteiger partial charge in [-0.2, -0.15) is 10.2 Å². The first-order chi connectivity index (χ1) is 8.29. The SMILES string of the molecule is O=Cc1cc(/N=N/c2ccccc2)ccc1O. The summed E-state index contributed by atoms with van der Waals surface area (Å²) < 4.78 is 0. The molecule has 0 atom stereocenters. The van der Waals surface area contributed by atoms with E-state index in [9.17, 15) is 9.90 Å². The highest BCUT2D eigenvalue weighted by molar-refractivity contribution is 5.80. The molecule has 0 unspecified atom stereocenters. The number of hydrogen-bond acceptors (Lipinski definition) is 4. The normalized spacial score (nSPS) is 10.6. The first-order valence-corrected chi connectivity index (χ1v) is 5.04. The van der Waals surface area contributed by atoms with Crippen LogP contribution in [0, 0.1) is 0 Å². The zero-order valence-corrected chi connectivity index (χ0v) is 8.95. The van der Waals surface area contributed by atoms with Crippen molar-refractivity contribution in [3.63, 3.8) is 0 Å². The Morgan fingerprint density at radius 3 is 2.35 bits per heavy atom. The van der Waals surface area contributed by atoms with Crippen molar-refractivity contribution in [2.45, 2.75) is 0 Å². The van der Waals surface area contributed by atoms with Gasteiger partial charge in [-0.3, -0.25) is 4.79 Å². The van der Waals surface area contributed by atoms with Crippen molar-refractivity contribution in [3.05, 3.63) is 54.1 Å². The Bertz CT molecular complexity index is 551. The predicted molar refractivity (Wildman–Crippen MR) is 64.1 cm³/mol. The van der Waals surface area contributed by atoms with Gasteiger partial charge in [0.2, 0.25) is 0 Å². The second-order valence-electron chi connectivity index (χ2n) is 3.40. The van der Waals surface area contributed by atoms with E-state index in [0.717, 1.165) is 5.69 Å². The van der Waals surface area contributed by atoms with Crippen LogP contribution in [0.1, 0.15) is 10.4 Å². The van der Waals surface area contributed by atoms with E-state index in [0.29, 0.717) is 12.0 Å². The highest BCUT2D eigenvalue weighted by atomic mass is 16.3. The van der Waals surface area contributed by atoms with Gasteiger partial charge in [0.25, 0.3) is 0 Å². The molecule has 2 aromatic carbocycles. The number of aldehydes is 1. The van der Waals surface area contributed by atoms with Crippen LogP contribution in [0.4, 0.5) is 11.4 Å². The molecule has 0 bridgehead atoms. The molecule has 0 spiro atoms. The van der Waals surface area contributed by atoms with Crippen molar-refractivity contribution < 1.29 is 9.90 Å². The molecule has 0 amide bonds. The molecule has 0 aliphatic carbocycles. The molecule has 4 heteroatoms. The standard InChI is InChI=1S/C13H10N2O2/c16-9-10-8-12(6-7-13(10)17)15-14-11-4-2-1-3-5-11/h1-9,17H/b15-14+. The summed E-state index contributed by atoms with van der Waals surface area (Å²) in [5.74, 6) is -0.0568. The Kier molecular flexibility index (Phi) is 3.25. The lowest BCUT2D eigenvalue weighted by Crippen LogP contribution is -1.79. The predicted octanol–water partition coefficient (Wildman–Crippen LogP) is 3.62. The number of nitrogens with zero attached hydrogens (tertiary/aromatic N) is 2. The van der Waals surface area contributed by atoms with E-state index in [2.05, 4.69) is 10.2 Å². The summed E-state index contributed by atoms with van der Waals surface area (Å²) >= 11 is 0. The zero-order chi connectivity index (χ0) is 12.1. The Morgan fingerprint density at radius 2 is 1.65 bits per heavy atom. The molecule has 0 aliphatic heterocycles. The second kappa shape index (κ2) is 5.03. The van der Waals surface area contributed by atoms with Crippen LogP contribution in [0.15, 0.2) is 58.8 Å². The molecule has 0 saturated heterocycles. The highest BCUT2D eigenvalue weighted by Crippen LogP contribution is 2.23. The summed E-state index contributed by atoms with van der Waals surface area (Å²) in [5, 5.41) is 17.3. The number of carbonyl (C=O) groups excluding carboxylic acids is 1. The van der Waals surface area contributed by atoms with Crippen molar-refractivity contribution >= 4 is 17.7 Å². The quantitative estimate of drug-likeness (QED) is 0.641. The van der Waals surface area contributed by atoms with Gasteiger partial charge in [0.1, 0.15) is 5.75 Å². The largest absolute Gasteiger partial charge is 0.507 e. The van der Waals surface area contributed by atoms with E-state index in [4.69, 9.17) is 0 Å². The fourth-order valence-corrected chi connectivity index (χ4v) is 1.31. The Labute approximate surface area is 98.3 Å². The summed E-state index contributed by atoms with van der Waals surface area (Å²) in [6.07, 6.45) is 0.580. The summed E-state index contributed by atoms with van der Waals surface area (Å²) in [6.45, 7) is 0. The Balaban J connectivity index is 2.25. The van der Waals surface area contributed by atoms with Gasteiger partial charge in [-0.15, -0.1) is 0 Å². The molecular formula is C13H10N2O2. The van der Waals surface area contributed by atoms with Gasteiger partial charge in [0, 0.05) is 0 Å². The van der Waals surface area contributed by atoms with Crippen molar-refractivity contribution in [1.29, 1.82) is 0 Å². The molecule has 4 nitrogen and oxygen atoms in total. The van der Waals surface area contributed by atoms with Crippen LogP contribution in [-0.4, -0.2) is 11.4 Å². The number of aromatic hydroxyl groups is 1. The van der Waals surface area contributed by atoms with Gasteiger partial charge < -0.3 is 5.11 Å². The molecule has 0 radical (unpaired) electrons. The smallest absolute Gasteiger partial charge is 0.153 e. The van der Waals surface area contributed by atoms with Crippen molar-refractivity contribution in [2.24, 2.45) is 10.2 Å². The third-order valence-electron chi connectivity index (χ3n) is 2.18. The van der Waals surface area contributed by atoms with Gasteiger partial charge in [-0.1, -0.05) is 18.2 Å². The molecule has 0 aromatic heterocycles. The number of rotatable bonds is 3. The van der Waals surface area contributed by atoms with E-state index in [-0.39, 0.29) is 11.3 Å². The van der Waals surface area contributed by atoms with Crippen LogP contribution in [0.25, 0.3) is 0 Å². The number of phenolic OH excluding ortho intramolecular Hbond substituents is 1. The van der Waals surface area contributed by atoms with Gasteiger partial charge in [0.05, 0.1) is 16.9 Å². The van der Waals surface area contributed by atoms with Crippen molar-refractivity contribution in [3.8, 4) is 5.75 Å². The Hall–Kier alpha value is -2.49. The van der Waals surface area contributed by atoms with Gasteiger partial charge in [-0.25, -0.2) is 0 Å². The van der Waals surface area contributed by atoms with Crippen molar-refractivity contribution in [1.82, 2.24) is 0 Å². The lowest BCUT2D eigenvalue weighted by molar-refractivity contribution is 0.112. The van der Waals surface area contributed by atoms with Crippen LogP contribution < -0.4 is 0 Å². The zero-order valence-electron chi connectivity index (χ0n) is 8.95. The molecule has 1 N–H and O–H groups in total. The number of hydrogen-bond donors (Lipinski definition) is 1. The van der Waals surface area contributed by atoms with E-state index in [1.54, 1.807) is 6.07 Å². The van der Waals surface area contributed by atoms with E-state index in [1.807, 2.05) is 30.3 Å². The second-order valence-corrected chi connectivity index (χ2v) is 3.40. The summed E-state index contributed by atoms with van der Waals surface area (Å²) in [7, 11) is 0. The number of carbonyl (C=O) groups is 1. The average molecular weight is 226 g/mol.